The van der Waals surface area contributed by atoms with Gasteiger partial charge >= 0.3 is 0 Å². The Morgan fingerprint density at radius 1 is 1.25 bits per heavy atom. The molecule has 124 valence electrons. The number of hydrogen-bond donors (Lipinski definition) is 3. The molecule has 0 unspecified atom stereocenters. The van der Waals surface area contributed by atoms with Crippen LogP contribution >= 0.6 is 11.6 Å². The quantitative estimate of drug-likeness (QED) is 0.312. The average molecular weight is 344 g/mol. The van der Waals surface area contributed by atoms with Crippen LogP contribution in [-0.4, -0.2) is 24.9 Å². The number of hydrogen-bond acceptors (Lipinski definition) is 3. The van der Waals surface area contributed by atoms with Crippen molar-refractivity contribution in [2.75, 3.05) is 13.2 Å². The highest BCUT2D eigenvalue weighted by atomic mass is 35.5. The minimum absolute atomic E-state index is 0.0129. The topological polar surface area (TPSA) is 88.2 Å². The van der Waals surface area contributed by atoms with Crippen LogP contribution < -0.4 is 15.8 Å². The lowest BCUT2D eigenvalue weighted by molar-refractivity contribution is -0.116. The minimum Gasteiger partial charge on any atom is -0.492 e. The summed E-state index contributed by atoms with van der Waals surface area (Å²) in [5.41, 5.74) is 6.92. The molecule has 0 aliphatic heterocycles. The Morgan fingerprint density at radius 3 is 2.71 bits per heavy atom. The molecule has 5 nitrogen and oxygen atoms in total. The maximum atomic E-state index is 11.7. The molecule has 1 amide bonds. The molecule has 0 saturated carbocycles. The number of benzene rings is 2. The molecular weight excluding hydrogens is 326 g/mol. The molecule has 0 fully saturated rings. The Bertz CT molecular complexity index is 742. The number of halogens is 1. The van der Waals surface area contributed by atoms with Crippen LogP contribution in [0.2, 0.25) is 5.02 Å². The molecule has 0 aliphatic carbocycles. The lowest BCUT2D eigenvalue weighted by atomic mass is 10.2. The van der Waals surface area contributed by atoms with Gasteiger partial charge < -0.3 is 15.8 Å². The van der Waals surface area contributed by atoms with Gasteiger partial charge in [-0.25, -0.2) is 0 Å². The van der Waals surface area contributed by atoms with Gasteiger partial charge in [-0.3, -0.25) is 10.2 Å². The molecule has 2 aromatic carbocycles. The normalized spacial score (nSPS) is 10.5. The Hall–Kier alpha value is -2.79. The van der Waals surface area contributed by atoms with Gasteiger partial charge in [-0.05, 0) is 35.9 Å². The van der Waals surface area contributed by atoms with E-state index < -0.39 is 0 Å². The van der Waals surface area contributed by atoms with Crippen molar-refractivity contribution in [3.63, 3.8) is 0 Å². The molecule has 2 aromatic rings. The van der Waals surface area contributed by atoms with E-state index in [-0.39, 0.29) is 11.7 Å². The monoisotopic (exact) mass is 343 g/mol. The summed E-state index contributed by atoms with van der Waals surface area (Å²) in [6.07, 6.45) is 3.17. The van der Waals surface area contributed by atoms with Gasteiger partial charge in [0.1, 0.15) is 18.2 Å². The summed E-state index contributed by atoms with van der Waals surface area (Å²) in [4.78, 5) is 11.7. The van der Waals surface area contributed by atoms with Gasteiger partial charge in [-0.15, -0.1) is 0 Å². The van der Waals surface area contributed by atoms with Crippen molar-refractivity contribution in [2.24, 2.45) is 5.73 Å². The molecule has 0 heterocycles. The zero-order chi connectivity index (χ0) is 17.4. The van der Waals surface area contributed by atoms with E-state index in [1.165, 1.54) is 6.08 Å². The molecule has 24 heavy (non-hydrogen) atoms. The number of ether oxygens (including phenoxy) is 1. The predicted molar refractivity (Wildman–Crippen MR) is 96.4 cm³/mol. The lowest BCUT2D eigenvalue weighted by Gasteiger charge is -2.08. The first-order chi connectivity index (χ1) is 11.5. The standard InChI is InChI=1S/C18H18ClN3O2/c19-15-7-4-13(5-8-15)6-9-17(23)22-10-11-24-16-3-1-2-14(12-16)18(20)21/h1-9,12H,10-11H2,(H3,20,21)(H,22,23)/b9-6-. The van der Waals surface area contributed by atoms with E-state index in [9.17, 15) is 4.79 Å². The second-order valence-corrected chi connectivity index (χ2v) is 5.40. The fourth-order valence-corrected chi connectivity index (χ4v) is 2.03. The summed E-state index contributed by atoms with van der Waals surface area (Å²) in [6, 6.07) is 14.1. The van der Waals surface area contributed by atoms with Gasteiger partial charge in [0.2, 0.25) is 5.91 Å². The van der Waals surface area contributed by atoms with Crippen molar-refractivity contribution in [3.05, 3.63) is 70.8 Å². The first kappa shape index (κ1) is 17.6. The SMILES string of the molecule is N=C(N)c1cccc(OCCNC(=O)/C=C\c2ccc(Cl)cc2)c1. The largest absolute Gasteiger partial charge is 0.492 e. The Labute approximate surface area is 145 Å². The maximum Gasteiger partial charge on any atom is 0.244 e. The second kappa shape index (κ2) is 8.74. The van der Waals surface area contributed by atoms with Crippen LogP contribution in [0.3, 0.4) is 0 Å². The highest BCUT2D eigenvalue weighted by molar-refractivity contribution is 6.30. The molecular formula is C18H18ClN3O2. The smallest absolute Gasteiger partial charge is 0.244 e. The first-order valence-electron chi connectivity index (χ1n) is 7.33. The van der Waals surface area contributed by atoms with Crippen molar-refractivity contribution in [1.82, 2.24) is 5.32 Å². The van der Waals surface area contributed by atoms with Crippen molar-refractivity contribution in [1.29, 1.82) is 5.41 Å². The van der Waals surface area contributed by atoms with Gasteiger partial charge in [0, 0.05) is 16.7 Å². The van der Waals surface area contributed by atoms with E-state index in [1.54, 1.807) is 42.5 Å². The maximum absolute atomic E-state index is 11.7. The summed E-state index contributed by atoms with van der Waals surface area (Å²) < 4.78 is 5.52. The van der Waals surface area contributed by atoms with E-state index in [0.29, 0.717) is 29.5 Å². The van der Waals surface area contributed by atoms with Crippen LogP contribution in [0.4, 0.5) is 0 Å². The number of amidine groups is 1. The summed E-state index contributed by atoms with van der Waals surface area (Å²) in [5, 5.41) is 10.8. The van der Waals surface area contributed by atoms with Gasteiger partial charge in [0.15, 0.2) is 0 Å². The van der Waals surface area contributed by atoms with Crippen LogP contribution in [0.25, 0.3) is 6.08 Å². The number of nitrogen functional groups attached to an aromatic ring is 1. The van der Waals surface area contributed by atoms with Crippen molar-refractivity contribution < 1.29 is 9.53 Å². The zero-order valence-corrected chi connectivity index (χ0v) is 13.7. The van der Waals surface area contributed by atoms with Crippen LogP contribution in [0, 0.1) is 5.41 Å². The highest BCUT2D eigenvalue weighted by Crippen LogP contribution is 2.12. The number of carbonyl (C=O) groups is 1. The molecule has 0 radical (unpaired) electrons. The fourth-order valence-electron chi connectivity index (χ4n) is 1.90. The number of nitrogens with one attached hydrogen (secondary N) is 2. The van der Waals surface area contributed by atoms with Gasteiger partial charge in [-0.1, -0.05) is 35.9 Å². The number of rotatable bonds is 7. The van der Waals surface area contributed by atoms with E-state index >= 15 is 0 Å². The van der Waals surface area contributed by atoms with Crippen molar-refractivity contribution >= 4 is 29.4 Å². The third-order valence-electron chi connectivity index (χ3n) is 3.11. The van der Waals surface area contributed by atoms with Crippen LogP contribution in [0.5, 0.6) is 5.75 Å². The molecule has 0 aromatic heterocycles. The molecule has 0 spiro atoms. The van der Waals surface area contributed by atoms with Crippen LogP contribution in [-0.2, 0) is 4.79 Å². The summed E-state index contributed by atoms with van der Waals surface area (Å²) in [5.74, 6) is 0.390. The zero-order valence-electron chi connectivity index (χ0n) is 13.0. The minimum atomic E-state index is -0.203. The Morgan fingerprint density at radius 2 is 2.00 bits per heavy atom. The van der Waals surface area contributed by atoms with Gasteiger partial charge in [-0.2, -0.15) is 0 Å². The molecule has 0 aliphatic rings. The third kappa shape index (κ3) is 5.78. The Kier molecular flexibility index (Phi) is 6.40. The number of carbonyl (C=O) groups excluding carboxylic acids is 1. The summed E-state index contributed by atoms with van der Waals surface area (Å²) in [7, 11) is 0. The van der Waals surface area contributed by atoms with Gasteiger partial charge in [0.25, 0.3) is 0 Å². The fraction of sp³-hybridized carbons (Fsp3) is 0.111. The molecule has 0 atom stereocenters. The second-order valence-electron chi connectivity index (χ2n) is 4.97. The summed E-state index contributed by atoms with van der Waals surface area (Å²) in [6.45, 7) is 0.690. The predicted octanol–water partition coefficient (Wildman–Crippen LogP) is 2.83. The average Bonchev–Trinajstić information content (AvgIpc) is 2.58. The molecule has 6 heteroatoms. The van der Waals surface area contributed by atoms with Crippen LogP contribution in [0.15, 0.2) is 54.6 Å². The molecule has 0 saturated heterocycles. The molecule has 2 rings (SSSR count). The van der Waals surface area contributed by atoms with Crippen LogP contribution in [0.1, 0.15) is 11.1 Å². The van der Waals surface area contributed by atoms with E-state index in [1.807, 2.05) is 12.1 Å². The number of nitrogens with two attached hydrogens (primary N) is 1. The number of amides is 1. The van der Waals surface area contributed by atoms with Crippen molar-refractivity contribution in [3.8, 4) is 5.75 Å². The van der Waals surface area contributed by atoms with E-state index in [0.717, 1.165) is 5.56 Å². The van der Waals surface area contributed by atoms with Crippen molar-refractivity contribution in [2.45, 2.75) is 0 Å². The van der Waals surface area contributed by atoms with E-state index in [4.69, 9.17) is 27.5 Å². The Balaban J connectivity index is 1.73. The van der Waals surface area contributed by atoms with E-state index in [2.05, 4.69) is 5.32 Å². The highest BCUT2D eigenvalue weighted by Gasteiger charge is 2.00. The van der Waals surface area contributed by atoms with Gasteiger partial charge in [0.05, 0.1) is 6.54 Å². The lowest BCUT2D eigenvalue weighted by Crippen LogP contribution is -2.26. The summed E-state index contributed by atoms with van der Waals surface area (Å²) >= 11 is 5.80. The molecule has 4 N–H and O–H groups in total. The third-order valence-corrected chi connectivity index (χ3v) is 3.36. The first-order valence-corrected chi connectivity index (χ1v) is 7.71. The molecule has 0 bridgehead atoms.